The van der Waals surface area contributed by atoms with Crippen molar-refractivity contribution < 1.29 is 28.6 Å². The number of unbranched alkanes of at least 4 members (excludes halogenated alkanes) is 22. The number of allylic oxidation sites excluding steroid dienone is 12. The van der Waals surface area contributed by atoms with E-state index in [0.29, 0.717) is 19.3 Å². The van der Waals surface area contributed by atoms with Crippen molar-refractivity contribution >= 4 is 17.9 Å². The highest BCUT2D eigenvalue weighted by atomic mass is 16.6. The van der Waals surface area contributed by atoms with Crippen LogP contribution >= 0.6 is 0 Å². The molecule has 1 unspecified atom stereocenters. The van der Waals surface area contributed by atoms with E-state index in [1.165, 1.54) is 89.9 Å². The number of ether oxygens (including phenoxy) is 3. The van der Waals surface area contributed by atoms with E-state index < -0.39 is 6.10 Å². The summed E-state index contributed by atoms with van der Waals surface area (Å²) < 4.78 is 16.7. The van der Waals surface area contributed by atoms with Crippen molar-refractivity contribution in [3.05, 3.63) is 72.9 Å². The zero-order chi connectivity index (χ0) is 43.7. The first-order chi connectivity index (χ1) is 29.5. The summed E-state index contributed by atoms with van der Waals surface area (Å²) in [5.74, 6) is -0.994. The van der Waals surface area contributed by atoms with Crippen molar-refractivity contribution in [3.8, 4) is 0 Å². The molecule has 0 rings (SSSR count). The zero-order valence-electron chi connectivity index (χ0n) is 39.2. The summed E-state index contributed by atoms with van der Waals surface area (Å²) in [5.41, 5.74) is 0. The van der Waals surface area contributed by atoms with E-state index in [9.17, 15) is 14.4 Å². The first kappa shape index (κ1) is 56.9. The topological polar surface area (TPSA) is 78.9 Å². The molecule has 0 amide bonds. The van der Waals surface area contributed by atoms with Crippen molar-refractivity contribution in [1.29, 1.82) is 0 Å². The average molecular weight is 837 g/mol. The van der Waals surface area contributed by atoms with Crippen molar-refractivity contribution in [3.63, 3.8) is 0 Å². The monoisotopic (exact) mass is 837 g/mol. The summed E-state index contributed by atoms with van der Waals surface area (Å²) >= 11 is 0. The Bertz CT molecular complexity index is 1140. The van der Waals surface area contributed by atoms with Crippen LogP contribution in [0, 0.1) is 0 Å². The number of carbonyl (C=O) groups is 3. The minimum Gasteiger partial charge on any atom is -0.462 e. The maximum absolute atomic E-state index is 12.7. The fraction of sp³-hybridized carbons (Fsp3) is 0.722. The van der Waals surface area contributed by atoms with Crippen LogP contribution in [-0.4, -0.2) is 37.2 Å². The molecule has 0 aromatic heterocycles. The second kappa shape index (κ2) is 48.5. The lowest BCUT2D eigenvalue weighted by molar-refractivity contribution is -0.167. The Kier molecular flexibility index (Phi) is 46.0. The second-order valence-corrected chi connectivity index (χ2v) is 16.4. The predicted octanol–water partition coefficient (Wildman–Crippen LogP) is 16.3. The van der Waals surface area contributed by atoms with Crippen LogP contribution in [0.3, 0.4) is 0 Å². The van der Waals surface area contributed by atoms with Gasteiger partial charge in [0.2, 0.25) is 0 Å². The third-order valence-electron chi connectivity index (χ3n) is 10.4. The maximum Gasteiger partial charge on any atom is 0.306 e. The lowest BCUT2D eigenvalue weighted by Crippen LogP contribution is -2.30. The van der Waals surface area contributed by atoms with Crippen LogP contribution in [0.15, 0.2) is 72.9 Å². The standard InChI is InChI=1S/C54H92O6/c1-4-7-10-13-16-19-22-24-25-26-27-28-30-32-35-38-41-44-47-53(56)59-50-51(49-58-52(55)46-43-40-37-34-31-21-18-15-12-9-6-3)60-54(57)48-45-42-39-36-33-29-23-20-17-14-11-8-5-2/h9,12,18,21,25-29,33-34,37,51H,4-8,10-11,13-17,19-20,22-24,30-32,35-36,38-50H2,1-3H3/b12-9-,21-18-,26-25-,28-27-,33-29-,37-34-. The fourth-order valence-corrected chi connectivity index (χ4v) is 6.69. The Hall–Kier alpha value is -3.15. The molecule has 60 heavy (non-hydrogen) atoms. The Labute approximate surface area is 370 Å². The van der Waals surface area contributed by atoms with Gasteiger partial charge in [-0.1, -0.05) is 190 Å². The van der Waals surface area contributed by atoms with Crippen LogP contribution in [0.1, 0.15) is 233 Å². The third-order valence-corrected chi connectivity index (χ3v) is 10.4. The maximum atomic E-state index is 12.7. The summed E-state index contributed by atoms with van der Waals surface area (Å²) in [4.78, 5) is 37.8. The average Bonchev–Trinajstić information content (AvgIpc) is 3.24. The summed E-state index contributed by atoms with van der Waals surface area (Å²) in [6.07, 6.45) is 60.4. The van der Waals surface area contributed by atoms with Gasteiger partial charge in [0.05, 0.1) is 0 Å². The molecule has 0 aliphatic carbocycles. The Balaban J connectivity index is 4.44. The van der Waals surface area contributed by atoms with E-state index in [4.69, 9.17) is 14.2 Å². The quantitative estimate of drug-likeness (QED) is 0.0200. The van der Waals surface area contributed by atoms with E-state index in [2.05, 4.69) is 93.7 Å². The molecule has 344 valence electrons. The van der Waals surface area contributed by atoms with Gasteiger partial charge in [0.25, 0.3) is 0 Å². The third kappa shape index (κ3) is 45.9. The van der Waals surface area contributed by atoms with E-state index in [1.807, 2.05) is 0 Å². The van der Waals surface area contributed by atoms with Crippen LogP contribution < -0.4 is 0 Å². The van der Waals surface area contributed by atoms with Gasteiger partial charge in [-0.05, 0) is 96.3 Å². The first-order valence-corrected chi connectivity index (χ1v) is 25.0. The van der Waals surface area contributed by atoms with E-state index in [1.54, 1.807) is 0 Å². The van der Waals surface area contributed by atoms with E-state index in [-0.39, 0.29) is 37.5 Å². The van der Waals surface area contributed by atoms with Gasteiger partial charge in [0.15, 0.2) is 6.10 Å². The molecule has 0 saturated carbocycles. The number of hydrogen-bond donors (Lipinski definition) is 0. The molecule has 0 aliphatic heterocycles. The van der Waals surface area contributed by atoms with Crippen molar-refractivity contribution in [2.75, 3.05) is 13.2 Å². The van der Waals surface area contributed by atoms with Crippen LogP contribution in [0.5, 0.6) is 0 Å². The van der Waals surface area contributed by atoms with Crippen LogP contribution in [0.4, 0.5) is 0 Å². The molecule has 0 spiro atoms. The highest BCUT2D eigenvalue weighted by Crippen LogP contribution is 2.13. The summed E-state index contributed by atoms with van der Waals surface area (Å²) in [7, 11) is 0. The van der Waals surface area contributed by atoms with Crippen LogP contribution in [-0.2, 0) is 28.6 Å². The normalized spacial score (nSPS) is 12.7. The van der Waals surface area contributed by atoms with E-state index in [0.717, 1.165) is 96.3 Å². The van der Waals surface area contributed by atoms with Crippen molar-refractivity contribution in [2.45, 2.75) is 239 Å². The summed E-state index contributed by atoms with van der Waals surface area (Å²) in [6.45, 7) is 6.42. The molecule has 0 aliphatic rings. The molecule has 0 heterocycles. The van der Waals surface area contributed by atoms with Crippen molar-refractivity contribution in [1.82, 2.24) is 0 Å². The minimum atomic E-state index is -0.808. The Morgan fingerprint density at radius 3 is 1.22 bits per heavy atom. The summed E-state index contributed by atoms with van der Waals surface area (Å²) in [6, 6.07) is 0. The Morgan fingerprint density at radius 2 is 0.717 bits per heavy atom. The van der Waals surface area contributed by atoms with Gasteiger partial charge < -0.3 is 14.2 Å². The first-order valence-electron chi connectivity index (χ1n) is 25.0. The lowest BCUT2D eigenvalue weighted by Gasteiger charge is -2.18. The van der Waals surface area contributed by atoms with Crippen molar-refractivity contribution in [2.24, 2.45) is 0 Å². The molecular formula is C54H92O6. The number of carbonyl (C=O) groups excluding carboxylic acids is 3. The highest BCUT2D eigenvalue weighted by Gasteiger charge is 2.19. The second-order valence-electron chi connectivity index (χ2n) is 16.4. The van der Waals surface area contributed by atoms with Crippen LogP contribution in [0.25, 0.3) is 0 Å². The largest absolute Gasteiger partial charge is 0.462 e. The highest BCUT2D eigenvalue weighted by molar-refractivity contribution is 5.71. The van der Waals surface area contributed by atoms with Gasteiger partial charge in [-0.2, -0.15) is 0 Å². The van der Waals surface area contributed by atoms with Gasteiger partial charge in [-0.3, -0.25) is 14.4 Å². The fourth-order valence-electron chi connectivity index (χ4n) is 6.69. The number of rotatable bonds is 44. The van der Waals surface area contributed by atoms with Gasteiger partial charge in [-0.15, -0.1) is 0 Å². The predicted molar refractivity (Wildman–Crippen MR) is 256 cm³/mol. The van der Waals surface area contributed by atoms with E-state index >= 15 is 0 Å². The SMILES string of the molecule is CC/C=C\C/C=C\C/C=C\CCCC(=O)OCC(COC(=O)CCCCCCC/C=C\C=C/CCCCCCCCC)OC(=O)CCCCC/C=C\CCCCCCCC. The van der Waals surface area contributed by atoms with Gasteiger partial charge >= 0.3 is 17.9 Å². The molecular weight excluding hydrogens is 745 g/mol. The molecule has 0 aromatic rings. The van der Waals surface area contributed by atoms with Gasteiger partial charge in [0.1, 0.15) is 13.2 Å². The smallest absolute Gasteiger partial charge is 0.306 e. The summed E-state index contributed by atoms with van der Waals surface area (Å²) in [5, 5.41) is 0. The molecule has 0 radical (unpaired) electrons. The lowest BCUT2D eigenvalue weighted by atomic mass is 10.1. The number of esters is 3. The molecule has 6 nitrogen and oxygen atoms in total. The van der Waals surface area contributed by atoms with Gasteiger partial charge in [-0.25, -0.2) is 0 Å². The number of hydrogen-bond acceptors (Lipinski definition) is 6. The molecule has 0 N–H and O–H groups in total. The molecule has 0 fully saturated rings. The molecule has 0 aromatic carbocycles. The zero-order valence-corrected chi connectivity index (χ0v) is 39.2. The van der Waals surface area contributed by atoms with Crippen LogP contribution in [0.2, 0.25) is 0 Å². The molecule has 1 atom stereocenters. The molecule has 6 heteroatoms. The minimum absolute atomic E-state index is 0.106. The molecule has 0 bridgehead atoms. The molecule has 0 saturated heterocycles. The van der Waals surface area contributed by atoms with Gasteiger partial charge in [0, 0.05) is 19.3 Å². The Morgan fingerprint density at radius 1 is 0.367 bits per heavy atom.